The first-order valence-electron chi connectivity index (χ1n) is 5.40. The van der Waals surface area contributed by atoms with Gasteiger partial charge in [0.1, 0.15) is 0 Å². The Bertz CT molecular complexity index is 396. The minimum atomic E-state index is 0.164. The minimum absolute atomic E-state index is 0.164. The van der Waals surface area contributed by atoms with Crippen LogP contribution in [0.3, 0.4) is 0 Å². The summed E-state index contributed by atoms with van der Waals surface area (Å²) < 4.78 is 1.09. The van der Waals surface area contributed by atoms with Crippen LogP contribution in [-0.4, -0.2) is 31.4 Å². The number of carbonyl (C=O) groups excluding carboxylic acids is 1. The first-order valence-corrected chi connectivity index (χ1v) is 6.85. The van der Waals surface area contributed by atoms with Gasteiger partial charge in [0.15, 0.2) is 0 Å². The smallest absolute Gasteiger partial charge is 0.222 e. The molecule has 94 valence electrons. The average molecular weight is 367 g/mol. The van der Waals surface area contributed by atoms with Gasteiger partial charge in [-0.3, -0.25) is 4.79 Å². The molecule has 1 N–H and O–H groups in total. The maximum absolute atomic E-state index is 11.3. The van der Waals surface area contributed by atoms with Gasteiger partial charge in [-0.15, -0.1) is 0 Å². The van der Waals surface area contributed by atoms with Crippen molar-refractivity contribution < 1.29 is 4.79 Å². The summed E-state index contributed by atoms with van der Waals surface area (Å²) in [6.07, 6.45) is 1.40. The number of benzene rings is 1. The molecule has 3 nitrogen and oxygen atoms in total. The van der Waals surface area contributed by atoms with Crippen molar-refractivity contribution in [2.24, 2.45) is 0 Å². The van der Waals surface area contributed by atoms with Crippen LogP contribution in [0.5, 0.6) is 0 Å². The molecule has 0 saturated carbocycles. The standard InChI is InChI=1S/C12H16ClIN2O/c1-16(2)12(17)4-3-7-15-11-6-5-9(13)8-10(11)14/h5-6,8,15H,3-4,7H2,1-2H3. The van der Waals surface area contributed by atoms with E-state index >= 15 is 0 Å². The second-order valence-corrected chi connectivity index (χ2v) is 5.54. The summed E-state index contributed by atoms with van der Waals surface area (Å²) in [5.41, 5.74) is 1.06. The van der Waals surface area contributed by atoms with Gasteiger partial charge >= 0.3 is 0 Å². The Hall–Kier alpha value is -0.490. The molecule has 0 aliphatic heterocycles. The van der Waals surface area contributed by atoms with Crippen LogP contribution in [0.25, 0.3) is 0 Å². The fourth-order valence-corrected chi connectivity index (χ4v) is 2.38. The molecule has 0 heterocycles. The molecular formula is C12H16ClIN2O. The fourth-order valence-electron chi connectivity index (χ4n) is 1.32. The van der Waals surface area contributed by atoms with Gasteiger partial charge in [-0.2, -0.15) is 0 Å². The molecule has 0 atom stereocenters. The number of hydrogen-bond acceptors (Lipinski definition) is 2. The molecule has 1 amide bonds. The Labute approximate surface area is 121 Å². The quantitative estimate of drug-likeness (QED) is 0.641. The lowest BCUT2D eigenvalue weighted by Gasteiger charge is -2.11. The van der Waals surface area contributed by atoms with E-state index in [0.717, 1.165) is 27.2 Å². The zero-order valence-corrected chi connectivity index (χ0v) is 12.9. The Morgan fingerprint density at radius 1 is 1.47 bits per heavy atom. The van der Waals surface area contributed by atoms with Crippen LogP contribution in [0, 0.1) is 3.57 Å². The van der Waals surface area contributed by atoms with Gasteiger partial charge in [-0.25, -0.2) is 0 Å². The third-order valence-electron chi connectivity index (χ3n) is 2.31. The minimum Gasteiger partial charge on any atom is -0.384 e. The maximum atomic E-state index is 11.3. The number of nitrogens with zero attached hydrogens (tertiary/aromatic N) is 1. The Morgan fingerprint density at radius 2 is 2.18 bits per heavy atom. The van der Waals surface area contributed by atoms with E-state index in [0.29, 0.717) is 6.42 Å². The summed E-state index contributed by atoms with van der Waals surface area (Å²) in [6, 6.07) is 5.73. The van der Waals surface area contributed by atoms with E-state index < -0.39 is 0 Å². The number of halogens is 2. The zero-order chi connectivity index (χ0) is 12.8. The number of rotatable bonds is 5. The number of anilines is 1. The molecule has 0 unspecified atom stereocenters. The van der Waals surface area contributed by atoms with Crippen molar-refractivity contribution in [3.05, 3.63) is 26.8 Å². The molecule has 0 aliphatic rings. The van der Waals surface area contributed by atoms with Gasteiger partial charge in [-0.1, -0.05) is 11.6 Å². The van der Waals surface area contributed by atoms with E-state index in [2.05, 4.69) is 27.9 Å². The van der Waals surface area contributed by atoms with Crippen molar-refractivity contribution in [3.63, 3.8) is 0 Å². The number of amides is 1. The fraction of sp³-hybridized carbons (Fsp3) is 0.417. The molecule has 17 heavy (non-hydrogen) atoms. The molecule has 0 bridgehead atoms. The van der Waals surface area contributed by atoms with Crippen LogP contribution >= 0.6 is 34.2 Å². The van der Waals surface area contributed by atoms with Crippen LogP contribution in [0.4, 0.5) is 5.69 Å². The van der Waals surface area contributed by atoms with Crippen molar-refractivity contribution in [2.45, 2.75) is 12.8 Å². The predicted octanol–water partition coefficient (Wildman–Crippen LogP) is 3.22. The molecule has 0 aromatic heterocycles. The molecule has 0 radical (unpaired) electrons. The summed E-state index contributed by atoms with van der Waals surface area (Å²) >= 11 is 8.11. The third-order valence-corrected chi connectivity index (χ3v) is 3.44. The van der Waals surface area contributed by atoms with E-state index in [1.807, 2.05) is 18.2 Å². The van der Waals surface area contributed by atoms with Crippen LogP contribution in [0.1, 0.15) is 12.8 Å². The number of nitrogens with one attached hydrogen (secondary N) is 1. The van der Waals surface area contributed by atoms with Gasteiger partial charge in [0.25, 0.3) is 0 Å². The van der Waals surface area contributed by atoms with E-state index in [1.165, 1.54) is 0 Å². The second-order valence-electron chi connectivity index (χ2n) is 3.94. The SMILES string of the molecule is CN(C)C(=O)CCCNc1ccc(Cl)cc1I. The first-order chi connectivity index (χ1) is 8.00. The van der Waals surface area contributed by atoms with Crippen molar-refractivity contribution in [1.82, 2.24) is 4.90 Å². The highest BCUT2D eigenvalue weighted by Crippen LogP contribution is 2.22. The lowest BCUT2D eigenvalue weighted by atomic mass is 10.2. The van der Waals surface area contributed by atoms with Crippen LogP contribution in [-0.2, 0) is 4.79 Å². The van der Waals surface area contributed by atoms with Gasteiger partial charge in [0.05, 0.1) is 0 Å². The highest BCUT2D eigenvalue weighted by molar-refractivity contribution is 14.1. The van der Waals surface area contributed by atoms with Crippen LogP contribution in [0.2, 0.25) is 5.02 Å². The molecule has 1 aromatic rings. The number of carbonyl (C=O) groups is 1. The van der Waals surface area contributed by atoms with Crippen molar-refractivity contribution >= 4 is 45.8 Å². The van der Waals surface area contributed by atoms with Gasteiger partial charge in [0.2, 0.25) is 5.91 Å². The molecule has 0 fully saturated rings. The normalized spacial score (nSPS) is 10.1. The largest absolute Gasteiger partial charge is 0.384 e. The molecule has 1 aromatic carbocycles. The molecule has 5 heteroatoms. The van der Waals surface area contributed by atoms with Gasteiger partial charge in [-0.05, 0) is 47.2 Å². The molecule has 0 aliphatic carbocycles. The molecule has 0 spiro atoms. The lowest BCUT2D eigenvalue weighted by molar-refractivity contribution is -0.128. The Kier molecular flexibility index (Phi) is 6.05. The summed E-state index contributed by atoms with van der Waals surface area (Å²) in [6.45, 7) is 0.789. The summed E-state index contributed by atoms with van der Waals surface area (Å²) in [7, 11) is 3.55. The topological polar surface area (TPSA) is 32.3 Å². The van der Waals surface area contributed by atoms with Crippen molar-refractivity contribution in [3.8, 4) is 0 Å². The molecular weight excluding hydrogens is 351 g/mol. The lowest BCUT2D eigenvalue weighted by Crippen LogP contribution is -2.22. The van der Waals surface area contributed by atoms with Crippen LogP contribution in [0.15, 0.2) is 18.2 Å². The maximum Gasteiger partial charge on any atom is 0.222 e. The van der Waals surface area contributed by atoms with E-state index in [1.54, 1.807) is 19.0 Å². The van der Waals surface area contributed by atoms with Crippen molar-refractivity contribution in [1.29, 1.82) is 0 Å². The van der Waals surface area contributed by atoms with E-state index in [9.17, 15) is 4.79 Å². The highest BCUT2D eigenvalue weighted by Gasteiger charge is 2.03. The molecule has 1 rings (SSSR count). The van der Waals surface area contributed by atoms with Gasteiger partial charge < -0.3 is 10.2 Å². The predicted molar refractivity (Wildman–Crippen MR) is 80.6 cm³/mol. The third kappa shape index (κ3) is 5.12. The Morgan fingerprint density at radius 3 is 2.76 bits per heavy atom. The summed E-state index contributed by atoms with van der Waals surface area (Å²) in [5.74, 6) is 0.164. The number of hydrogen-bond donors (Lipinski definition) is 1. The average Bonchev–Trinajstić information content (AvgIpc) is 2.26. The van der Waals surface area contributed by atoms with Crippen LogP contribution < -0.4 is 5.32 Å². The summed E-state index contributed by atoms with van der Waals surface area (Å²) in [4.78, 5) is 13.0. The van der Waals surface area contributed by atoms with Crippen molar-refractivity contribution in [2.75, 3.05) is 26.0 Å². The highest BCUT2D eigenvalue weighted by atomic mass is 127. The zero-order valence-electron chi connectivity index (χ0n) is 9.96. The van der Waals surface area contributed by atoms with E-state index in [-0.39, 0.29) is 5.91 Å². The van der Waals surface area contributed by atoms with Gasteiger partial charge in [0, 0.05) is 41.3 Å². The first kappa shape index (κ1) is 14.6. The monoisotopic (exact) mass is 366 g/mol. The van der Waals surface area contributed by atoms with E-state index in [4.69, 9.17) is 11.6 Å². The summed E-state index contributed by atoms with van der Waals surface area (Å²) in [5, 5.41) is 4.04. The molecule has 0 saturated heterocycles. The Balaban J connectivity index is 2.34. The second kappa shape index (κ2) is 7.06.